The van der Waals surface area contributed by atoms with Crippen molar-refractivity contribution in [2.24, 2.45) is 0 Å². The summed E-state index contributed by atoms with van der Waals surface area (Å²) >= 11 is 0. The number of nitrogens with zero attached hydrogens (tertiary/aromatic N) is 1. The summed E-state index contributed by atoms with van der Waals surface area (Å²) in [6, 6.07) is 1.44. The van der Waals surface area contributed by atoms with E-state index < -0.39 is 23.0 Å². The second kappa shape index (κ2) is 5.17. The van der Waals surface area contributed by atoms with Crippen molar-refractivity contribution in [1.82, 2.24) is 9.71 Å². The van der Waals surface area contributed by atoms with Crippen LogP contribution in [-0.4, -0.2) is 33.4 Å². The summed E-state index contributed by atoms with van der Waals surface area (Å²) in [7, 11) is -2.42. The molecule has 0 saturated carbocycles. The summed E-state index contributed by atoms with van der Waals surface area (Å²) < 4.78 is 48.8. The molecule has 1 aromatic heterocycles. The molecule has 1 heterocycles. The standard InChI is InChI=1S/C8H11F2N3O2S/c1-11-6-2-3-12-4-7(6)16(14,15)13-5-8(9)10/h2-4,8,13H,5H2,1H3,(H,11,12). The lowest BCUT2D eigenvalue weighted by Crippen LogP contribution is -2.29. The van der Waals surface area contributed by atoms with E-state index in [4.69, 9.17) is 0 Å². The number of hydrogen-bond acceptors (Lipinski definition) is 4. The van der Waals surface area contributed by atoms with Gasteiger partial charge in [0.15, 0.2) is 0 Å². The number of aromatic nitrogens is 1. The van der Waals surface area contributed by atoms with Crippen molar-refractivity contribution < 1.29 is 17.2 Å². The van der Waals surface area contributed by atoms with Crippen molar-refractivity contribution >= 4 is 15.7 Å². The Morgan fingerprint density at radius 2 is 2.19 bits per heavy atom. The van der Waals surface area contributed by atoms with Gasteiger partial charge in [-0.15, -0.1) is 0 Å². The molecule has 0 saturated heterocycles. The third-order valence-electron chi connectivity index (χ3n) is 1.77. The Hall–Kier alpha value is -1.28. The van der Waals surface area contributed by atoms with Crippen LogP contribution < -0.4 is 10.0 Å². The minimum Gasteiger partial charge on any atom is -0.387 e. The highest BCUT2D eigenvalue weighted by Crippen LogP contribution is 2.18. The largest absolute Gasteiger partial charge is 0.387 e. The fourth-order valence-corrected chi connectivity index (χ4v) is 2.21. The molecule has 90 valence electrons. The smallest absolute Gasteiger partial charge is 0.251 e. The minimum atomic E-state index is -3.95. The molecule has 0 fully saturated rings. The summed E-state index contributed by atoms with van der Waals surface area (Å²) in [4.78, 5) is 3.49. The molecule has 0 amide bonds. The quantitative estimate of drug-likeness (QED) is 0.806. The van der Waals surface area contributed by atoms with Crippen LogP contribution in [0.3, 0.4) is 0 Å². The third kappa shape index (κ3) is 3.11. The Kier molecular flexibility index (Phi) is 4.13. The summed E-state index contributed by atoms with van der Waals surface area (Å²) in [6.07, 6.45) is -0.234. The summed E-state index contributed by atoms with van der Waals surface area (Å²) in [6.45, 7) is -0.916. The van der Waals surface area contributed by atoms with E-state index in [-0.39, 0.29) is 4.90 Å². The SMILES string of the molecule is CNc1ccncc1S(=O)(=O)NCC(F)F. The molecule has 2 N–H and O–H groups in total. The number of rotatable bonds is 5. The molecular formula is C8H11F2N3O2S. The Bertz CT molecular complexity index is 450. The third-order valence-corrected chi connectivity index (χ3v) is 3.22. The van der Waals surface area contributed by atoms with Crippen LogP contribution >= 0.6 is 0 Å². The van der Waals surface area contributed by atoms with Crippen LogP contribution in [0, 0.1) is 0 Å². The second-order valence-electron chi connectivity index (χ2n) is 2.86. The minimum absolute atomic E-state index is 0.154. The molecule has 8 heteroatoms. The van der Waals surface area contributed by atoms with Gasteiger partial charge in [0, 0.05) is 19.4 Å². The fraction of sp³-hybridized carbons (Fsp3) is 0.375. The molecule has 1 rings (SSSR count). The van der Waals surface area contributed by atoms with Gasteiger partial charge in [-0.3, -0.25) is 4.98 Å². The van der Waals surface area contributed by atoms with Crippen molar-refractivity contribution in [3.8, 4) is 0 Å². The van der Waals surface area contributed by atoms with E-state index in [2.05, 4.69) is 10.3 Å². The van der Waals surface area contributed by atoms with Crippen LogP contribution in [0.15, 0.2) is 23.4 Å². The molecule has 0 bridgehead atoms. The lowest BCUT2D eigenvalue weighted by molar-refractivity contribution is 0.153. The van der Waals surface area contributed by atoms with E-state index in [0.717, 1.165) is 6.20 Å². The zero-order valence-corrected chi connectivity index (χ0v) is 9.26. The highest BCUT2D eigenvalue weighted by atomic mass is 32.2. The van der Waals surface area contributed by atoms with Gasteiger partial charge in [-0.05, 0) is 6.07 Å². The number of alkyl halides is 2. The Labute approximate surface area is 91.9 Å². The first-order valence-corrected chi connectivity index (χ1v) is 5.85. The zero-order valence-electron chi connectivity index (χ0n) is 8.44. The number of pyridine rings is 1. The van der Waals surface area contributed by atoms with E-state index in [0.29, 0.717) is 5.69 Å². The van der Waals surface area contributed by atoms with Gasteiger partial charge in [0.1, 0.15) is 4.90 Å². The van der Waals surface area contributed by atoms with Gasteiger partial charge in [0.25, 0.3) is 6.43 Å². The molecule has 0 aliphatic heterocycles. The molecule has 5 nitrogen and oxygen atoms in total. The molecule has 0 aliphatic rings. The van der Waals surface area contributed by atoms with Crippen molar-refractivity contribution in [2.75, 3.05) is 18.9 Å². The lowest BCUT2D eigenvalue weighted by atomic mass is 10.4. The van der Waals surface area contributed by atoms with Gasteiger partial charge >= 0.3 is 0 Å². The lowest BCUT2D eigenvalue weighted by Gasteiger charge is -2.09. The molecule has 0 aromatic carbocycles. The molecule has 0 aliphatic carbocycles. The molecule has 1 aromatic rings. The second-order valence-corrected chi connectivity index (χ2v) is 4.60. The van der Waals surface area contributed by atoms with Crippen molar-refractivity contribution in [1.29, 1.82) is 0 Å². The first-order chi connectivity index (χ1) is 7.47. The Balaban J connectivity index is 2.98. The van der Waals surface area contributed by atoms with Crippen LogP contribution in [-0.2, 0) is 10.0 Å². The van der Waals surface area contributed by atoms with Crippen LogP contribution in [0.25, 0.3) is 0 Å². The van der Waals surface area contributed by atoms with E-state index >= 15 is 0 Å². The molecule has 0 unspecified atom stereocenters. The van der Waals surface area contributed by atoms with Crippen molar-refractivity contribution in [3.05, 3.63) is 18.5 Å². The first kappa shape index (κ1) is 12.8. The highest BCUT2D eigenvalue weighted by Gasteiger charge is 2.19. The van der Waals surface area contributed by atoms with Crippen LogP contribution in [0.5, 0.6) is 0 Å². The van der Waals surface area contributed by atoms with Gasteiger partial charge in [0.05, 0.1) is 12.2 Å². The maximum atomic E-state index is 11.9. The Morgan fingerprint density at radius 3 is 2.75 bits per heavy atom. The summed E-state index contributed by atoms with van der Waals surface area (Å²) in [5, 5.41) is 2.64. The zero-order chi connectivity index (χ0) is 12.2. The number of sulfonamides is 1. The van der Waals surface area contributed by atoms with Gasteiger partial charge in [-0.1, -0.05) is 0 Å². The normalized spacial score (nSPS) is 11.8. The van der Waals surface area contributed by atoms with E-state index in [9.17, 15) is 17.2 Å². The fourth-order valence-electron chi connectivity index (χ4n) is 1.05. The van der Waals surface area contributed by atoms with Crippen molar-refractivity contribution in [3.63, 3.8) is 0 Å². The number of nitrogens with one attached hydrogen (secondary N) is 2. The molecule has 16 heavy (non-hydrogen) atoms. The molecule has 0 atom stereocenters. The van der Waals surface area contributed by atoms with Gasteiger partial charge in [-0.25, -0.2) is 21.9 Å². The molecular weight excluding hydrogens is 240 g/mol. The average Bonchev–Trinajstić information content (AvgIpc) is 2.26. The molecule has 0 radical (unpaired) electrons. The predicted octanol–water partition coefficient (Wildman–Crippen LogP) is 0.667. The summed E-state index contributed by atoms with van der Waals surface area (Å²) in [5.74, 6) is 0. The predicted molar refractivity (Wildman–Crippen MR) is 55.0 cm³/mol. The maximum absolute atomic E-state index is 11.9. The number of halogens is 2. The van der Waals surface area contributed by atoms with Crippen LogP contribution in [0.1, 0.15) is 0 Å². The summed E-state index contributed by atoms with van der Waals surface area (Å²) in [5.41, 5.74) is 0.303. The van der Waals surface area contributed by atoms with Gasteiger partial charge in [0.2, 0.25) is 10.0 Å². The number of hydrogen-bond donors (Lipinski definition) is 2. The van der Waals surface area contributed by atoms with Crippen LogP contribution in [0.2, 0.25) is 0 Å². The monoisotopic (exact) mass is 251 g/mol. The topological polar surface area (TPSA) is 71.1 Å². The van der Waals surface area contributed by atoms with E-state index in [1.807, 2.05) is 0 Å². The maximum Gasteiger partial charge on any atom is 0.251 e. The molecule has 0 spiro atoms. The van der Waals surface area contributed by atoms with Crippen LogP contribution in [0.4, 0.5) is 14.5 Å². The average molecular weight is 251 g/mol. The van der Waals surface area contributed by atoms with Gasteiger partial charge in [-0.2, -0.15) is 0 Å². The first-order valence-electron chi connectivity index (χ1n) is 4.37. The van der Waals surface area contributed by atoms with E-state index in [1.165, 1.54) is 19.3 Å². The Morgan fingerprint density at radius 1 is 1.50 bits per heavy atom. The number of anilines is 1. The van der Waals surface area contributed by atoms with Gasteiger partial charge < -0.3 is 5.32 Å². The van der Waals surface area contributed by atoms with E-state index in [1.54, 1.807) is 4.72 Å². The highest BCUT2D eigenvalue weighted by molar-refractivity contribution is 7.89. The van der Waals surface area contributed by atoms with Crippen molar-refractivity contribution in [2.45, 2.75) is 11.3 Å².